The summed E-state index contributed by atoms with van der Waals surface area (Å²) in [4.78, 5) is 11.6. The van der Waals surface area contributed by atoms with Crippen molar-refractivity contribution >= 4 is 17.5 Å². The van der Waals surface area contributed by atoms with Gasteiger partial charge in [0, 0.05) is 18.0 Å². The van der Waals surface area contributed by atoms with E-state index in [1.165, 1.54) is 5.56 Å². The molecule has 1 unspecified atom stereocenters. The Morgan fingerprint density at radius 3 is 2.63 bits per heavy atom. The molecule has 1 aromatic rings. The molecule has 0 aliphatic heterocycles. The Hall–Kier alpha value is -1.06. The van der Waals surface area contributed by atoms with Gasteiger partial charge in [0.05, 0.1) is 0 Å². The van der Waals surface area contributed by atoms with Crippen molar-refractivity contribution in [2.45, 2.75) is 32.6 Å². The van der Waals surface area contributed by atoms with Crippen LogP contribution < -0.4 is 11.1 Å². The van der Waals surface area contributed by atoms with Crippen molar-refractivity contribution in [2.24, 2.45) is 11.7 Å². The maximum atomic E-state index is 11.6. The minimum atomic E-state index is 0.123. The maximum Gasteiger partial charge on any atom is 0.220 e. The number of amides is 1. The molecule has 19 heavy (non-hydrogen) atoms. The van der Waals surface area contributed by atoms with Gasteiger partial charge in [-0.15, -0.1) is 0 Å². The summed E-state index contributed by atoms with van der Waals surface area (Å²) in [6, 6.07) is 7.70. The molecule has 0 fully saturated rings. The number of halogens is 1. The van der Waals surface area contributed by atoms with Gasteiger partial charge in [-0.05, 0) is 49.4 Å². The molecule has 3 N–H and O–H groups in total. The Kier molecular flexibility index (Phi) is 7.53. The number of benzene rings is 1. The summed E-state index contributed by atoms with van der Waals surface area (Å²) >= 11 is 5.81. The van der Waals surface area contributed by atoms with Crippen LogP contribution in [0.25, 0.3) is 0 Å². The summed E-state index contributed by atoms with van der Waals surface area (Å²) in [7, 11) is 0. The van der Waals surface area contributed by atoms with Crippen LogP contribution in [-0.4, -0.2) is 19.0 Å². The van der Waals surface area contributed by atoms with E-state index < -0.39 is 0 Å². The topological polar surface area (TPSA) is 55.1 Å². The van der Waals surface area contributed by atoms with Crippen molar-refractivity contribution in [3.63, 3.8) is 0 Å². The van der Waals surface area contributed by atoms with E-state index in [-0.39, 0.29) is 5.91 Å². The van der Waals surface area contributed by atoms with Crippen LogP contribution in [0.3, 0.4) is 0 Å². The first kappa shape index (κ1) is 16.0. The molecule has 0 aromatic heterocycles. The molecular weight excluding hydrogens is 260 g/mol. The molecule has 0 heterocycles. The molecule has 0 saturated heterocycles. The first-order valence-electron chi connectivity index (χ1n) is 6.83. The first-order chi connectivity index (χ1) is 9.11. The SMILES string of the molecule is CC(CCN)CCC(=O)NCCc1ccc(Cl)cc1. The normalized spacial score (nSPS) is 12.2. The first-order valence-corrected chi connectivity index (χ1v) is 7.21. The van der Waals surface area contributed by atoms with Crippen LogP contribution in [0.1, 0.15) is 31.7 Å². The Bertz CT molecular complexity index is 378. The van der Waals surface area contributed by atoms with Gasteiger partial charge < -0.3 is 11.1 Å². The number of rotatable bonds is 8. The summed E-state index contributed by atoms with van der Waals surface area (Å²) in [5.74, 6) is 0.643. The van der Waals surface area contributed by atoms with Crippen molar-refractivity contribution in [1.29, 1.82) is 0 Å². The number of nitrogens with one attached hydrogen (secondary N) is 1. The second-order valence-electron chi connectivity index (χ2n) is 4.95. The Labute approximate surface area is 120 Å². The minimum Gasteiger partial charge on any atom is -0.356 e. The highest BCUT2D eigenvalue weighted by atomic mass is 35.5. The average molecular weight is 283 g/mol. The van der Waals surface area contributed by atoms with Gasteiger partial charge in [-0.2, -0.15) is 0 Å². The second-order valence-corrected chi connectivity index (χ2v) is 5.38. The highest BCUT2D eigenvalue weighted by Crippen LogP contribution is 2.10. The predicted octanol–water partition coefficient (Wildman–Crippen LogP) is 2.76. The molecule has 0 saturated carbocycles. The van der Waals surface area contributed by atoms with Crippen LogP contribution in [0.5, 0.6) is 0 Å². The molecule has 0 aliphatic carbocycles. The molecule has 1 amide bonds. The number of nitrogens with two attached hydrogens (primary N) is 1. The zero-order valence-corrected chi connectivity index (χ0v) is 12.2. The molecule has 0 bridgehead atoms. The molecule has 106 valence electrons. The molecule has 0 spiro atoms. The van der Waals surface area contributed by atoms with Crippen molar-refractivity contribution < 1.29 is 4.79 Å². The lowest BCUT2D eigenvalue weighted by molar-refractivity contribution is -0.121. The molecule has 0 radical (unpaired) electrons. The van der Waals surface area contributed by atoms with Crippen molar-refractivity contribution in [3.8, 4) is 0 Å². The van der Waals surface area contributed by atoms with E-state index in [0.717, 1.165) is 24.3 Å². The zero-order chi connectivity index (χ0) is 14.1. The maximum absolute atomic E-state index is 11.6. The largest absolute Gasteiger partial charge is 0.356 e. The van der Waals surface area contributed by atoms with E-state index in [1.807, 2.05) is 24.3 Å². The molecule has 1 atom stereocenters. The second kappa shape index (κ2) is 8.94. The van der Waals surface area contributed by atoms with Gasteiger partial charge in [0.2, 0.25) is 5.91 Å². The Morgan fingerprint density at radius 1 is 1.32 bits per heavy atom. The number of carbonyl (C=O) groups is 1. The van der Waals surface area contributed by atoms with Crippen LogP contribution in [-0.2, 0) is 11.2 Å². The fourth-order valence-corrected chi connectivity index (χ4v) is 2.02. The lowest BCUT2D eigenvalue weighted by Gasteiger charge is -2.10. The molecular formula is C15H23ClN2O. The quantitative estimate of drug-likeness (QED) is 0.770. The average Bonchev–Trinajstić information content (AvgIpc) is 2.39. The van der Waals surface area contributed by atoms with E-state index in [9.17, 15) is 4.79 Å². The summed E-state index contributed by atoms with van der Waals surface area (Å²) in [6.45, 7) is 3.50. The fraction of sp³-hybridized carbons (Fsp3) is 0.533. The monoisotopic (exact) mass is 282 g/mol. The van der Waals surface area contributed by atoms with Crippen LogP contribution in [0.15, 0.2) is 24.3 Å². The Morgan fingerprint density at radius 2 is 2.00 bits per heavy atom. The molecule has 1 aromatic carbocycles. The van der Waals surface area contributed by atoms with Gasteiger partial charge in [0.15, 0.2) is 0 Å². The summed E-state index contributed by atoms with van der Waals surface area (Å²) in [5.41, 5.74) is 6.66. The Balaban J connectivity index is 2.15. The lowest BCUT2D eigenvalue weighted by atomic mass is 10.0. The molecule has 3 nitrogen and oxygen atoms in total. The minimum absolute atomic E-state index is 0.123. The van der Waals surface area contributed by atoms with Crippen molar-refractivity contribution in [1.82, 2.24) is 5.32 Å². The van der Waals surface area contributed by atoms with Gasteiger partial charge in [-0.1, -0.05) is 30.7 Å². The summed E-state index contributed by atoms with van der Waals surface area (Å²) < 4.78 is 0. The smallest absolute Gasteiger partial charge is 0.220 e. The predicted molar refractivity (Wildman–Crippen MR) is 80.2 cm³/mol. The van der Waals surface area contributed by atoms with Crippen LogP contribution in [0.2, 0.25) is 5.02 Å². The van der Waals surface area contributed by atoms with Crippen molar-refractivity contribution in [3.05, 3.63) is 34.9 Å². The third-order valence-electron chi connectivity index (χ3n) is 3.17. The fourth-order valence-electron chi connectivity index (χ4n) is 1.89. The highest BCUT2D eigenvalue weighted by molar-refractivity contribution is 6.30. The van der Waals surface area contributed by atoms with Gasteiger partial charge in [0.1, 0.15) is 0 Å². The standard InChI is InChI=1S/C15H23ClN2O/c1-12(8-10-17)2-7-15(19)18-11-9-13-3-5-14(16)6-4-13/h3-6,12H,2,7-11,17H2,1H3,(H,18,19). The zero-order valence-electron chi connectivity index (χ0n) is 11.5. The number of carbonyl (C=O) groups excluding carboxylic acids is 1. The van der Waals surface area contributed by atoms with Gasteiger partial charge in [0.25, 0.3) is 0 Å². The number of hydrogen-bond acceptors (Lipinski definition) is 2. The van der Waals surface area contributed by atoms with Crippen molar-refractivity contribution in [2.75, 3.05) is 13.1 Å². The van der Waals surface area contributed by atoms with E-state index in [4.69, 9.17) is 17.3 Å². The third-order valence-corrected chi connectivity index (χ3v) is 3.42. The van der Waals surface area contributed by atoms with Gasteiger partial charge in [-0.3, -0.25) is 4.79 Å². The highest BCUT2D eigenvalue weighted by Gasteiger charge is 2.05. The molecule has 0 aliphatic rings. The third kappa shape index (κ3) is 7.19. The van der Waals surface area contributed by atoms with Gasteiger partial charge in [-0.25, -0.2) is 0 Å². The van der Waals surface area contributed by atoms with Crippen LogP contribution in [0.4, 0.5) is 0 Å². The van der Waals surface area contributed by atoms with E-state index in [2.05, 4.69) is 12.2 Å². The van der Waals surface area contributed by atoms with E-state index >= 15 is 0 Å². The molecule has 4 heteroatoms. The van der Waals surface area contributed by atoms with Gasteiger partial charge >= 0.3 is 0 Å². The lowest BCUT2D eigenvalue weighted by Crippen LogP contribution is -2.26. The van der Waals surface area contributed by atoms with E-state index in [0.29, 0.717) is 25.4 Å². The van der Waals surface area contributed by atoms with Crippen LogP contribution >= 0.6 is 11.6 Å². The summed E-state index contributed by atoms with van der Waals surface area (Å²) in [5, 5.41) is 3.68. The van der Waals surface area contributed by atoms with E-state index in [1.54, 1.807) is 0 Å². The molecule has 1 rings (SSSR count). The number of hydrogen-bond donors (Lipinski definition) is 2. The van der Waals surface area contributed by atoms with Crippen LogP contribution in [0, 0.1) is 5.92 Å². The summed E-state index contributed by atoms with van der Waals surface area (Å²) in [6.07, 6.45) is 3.31.